The summed E-state index contributed by atoms with van der Waals surface area (Å²) in [6.45, 7) is 2.38. The van der Waals surface area contributed by atoms with Gasteiger partial charge in [-0.25, -0.2) is 5.84 Å². The third-order valence-corrected chi connectivity index (χ3v) is 2.19. The van der Waals surface area contributed by atoms with Gasteiger partial charge in [-0.15, -0.1) is 0 Å². The van der Waals surface area contributed by atoms with Gasteiger partial charge in [0.25, 0.3) is 0 Å². The maximum Gasteiger partial charge on any atom is 0.301 e. The van der Waals surface area contributed by atoms with Gasteiger partial charge in [-0.2, -0.15) is 5.10 Å². The molecule has 84 valence electrons. The van der Waals surface area contributed by atoms with Gasteiger partial charge in [0, 0.05) is 11.8 Å². The number of aromatic nitrogens is 2. The van der Waals surface area contributed by atoms with Gasteiger partial charge in [0.15, 0.2) is 5.76 Å². The average molecular weight is 220 g/mol. The zero-order chi connectivity index (χ0) is 11.5. The lowest BCUT2D eigenvalue weighted by atomic mass is 10.2. The van der Waals surface area contributed by atoms with Crippen molar-refractivity contribution in [1.82, 2.24) is 15.2 Å². The first-order chi connectivity index (χ1) is 7.70. The number of nitrogen functional groups attached to an aromatic ring is 1. The quantitative estimate of drug-likeness (QED) is 0.446. The fourth-order valence-corrected chi connectivity index (χ4v) is 1.45. The van der Waals surface area contributed by atoms with Crippen LogP contribution in [0.3, 0.4) is 0 Å². The van der Waals surface area contributed by atoms with Gasteiger partial charge in [-0.05, 0) is 19.1 Å². The van der Waals surface area contributed by atoms with Gasteiger partial charge < -0.3 is 4.42 Å². The molecule has 6 nitrogen and oxygen atoms in total. The molecule has 3 N–H and O–H groups in total. The van der Waals surface area contributed by atoms with E-state index in [9.17, 15) is 4.79 Å². The number of nitrogens with two attached hydrogens (primary N) is 1. The molecule has 2 aromatic heterocycles. The van der Waals surface area contributed by atoms with Gasteiger partial charge in [0.1, 0.15) is 0 Å². The van der Waals surface area contributed by atoms with E-state index in [1.54, 1.807) is 10.7 Å². The summed E-state index contributed by atoms with van der Waals surface area (Å²) >= 11 is 0. The number of carbonyl (C=O) groups excluding carboxylic acids is 1. The first kappa shape index (κ1) is 10.4. The van der Waals surface area contributed by atoms with Crippen LogP contribution in [-0.4, -0.2) is 15.7 Å². The predicted molar refractivity (Wildman–Crippen MR) is 56.4 cm³/mol. The molecule has 0 saturated heterocycles. The smallest absolute Gasteiger partial charge is 0.301 e. The minimum Gasteiger partial charge on any atom is -0.459 e. The van der Waals surface area contributed by atoms with Crippen molar-refractivity contribution < 1.29 is 9.21 Å². The Morgan fingerprint density at radius 1 is 1.62 bits per heavy atom. The van der Waals surface area contributed by atoms with Crippen LogP contribution in [0.25, 0.3) is 0 Å². The van der Waals surface area contributed by atoms with E-state index in [4.69, 9.17) is 10.3 Å². The Balaban J connectivity index is 2.22. The minimum absolute atomic E-state index is 0.218. The highest BCUT2D eigenvalue weighted by Crippen LogP contribution is 2.11. The summed E-state index contributed by atoms with van der Waals surface area (Å²) in [4.78, 5) is 11.3. The summed E-state index contributed by atoms with van der Waals surface area (Å²) in [5.41, 5.74) is 3.70. The highest BCUT2D eigenvalue weighted by molar-refractivity contribution is 5.92. The van der Waals surface area contributed by atoms with Crippen LogP contribution in [-0.2, 0) is 6.54 Å². The molecule has 1 amide bonds. The number of furan rings is 1. The van der Waals surface area contributed by atoms with Crippen molar-refractivity contribution in [1.29, 1.82) is 0 Å². The maximum atomic E-state index is 11.3. The fraction of sp³-hybridized carbons (Fsp3) is 0.200. The molecule has 0 aliphatic carbocycles. The monoisotopic (exact) mass is 220 g/mol. The summed E-state index contributed by atoms with van der Waals surface area (Å²) in [5, 5.41) is 4.22. The molecule has 0 radical (unpaired) electrons. The second kappa shape index (κ2) is 4.19. The van der Waals surface area contributed by atoms with E-state index in [0.717, 1.165) is 11.3 Å². The van der Waals surface area contributed by atoms with E-state index in [0.29, 0.717) is 6.54 Å². The molecule has 0 atom stereocenters. The Labute approximate surface area is 92.0 Å². The number of nitrogens with zero attached hydrogens (tertiary/aromatic N) is 2. The van der Waals surface area contributed by atoms with Crippen LogP contribution in [0, 0.1) is 6.92 Å². The molecule has 0 unspecified atom stereocenters. The number of rotatable bonds is 3. The summed E-state index contributed by atoms with van der Waals surface area (Å²) in [7, 11) is 0. The number of amides is 1. The van der Waals surface area contributed by atoms with Gasteiger partial charge >= 0.3 is 5.91 Å². The Morgan fingerprint density at radius 2 is 2.44 bits per heavy atom. The molecule has 0 saturated carbocycles. The van der Waals surface area contributed by atoms with E-state index in [1.807, 2.05) is 24.6 Å². The van der Waals surface area contributed by atoms with Crippen LogP contribution < -0.4 is 11.3 Å². The molecule has 0 fully saturated rings. The summed E-state index contributed by atoms with van der Waals surface area (Å²) in [6, 6.07) is 3.62. The van der Waals surface area contributed by atoms with Crippen LogP contribution in [0.4, 0.5) is 0 Å². The third-order valence-electron chi connectivity index (χ3n) is 2.19. The topological polar surface area (TPSA) is 86.1 Å². The summed E-state index contributed by atoms with van der Waals surface area (Å²) in [6.07, 6.45) is 3.29. The van der Waals surface area contributed by atoms with Crippen LogP contribution >= 0.6 is 0 Å². The molecule has 0 aliphatic heterocycles. The van der Waals surface area contributed by atoms with Crippen LogP contribution in [0.1, 0.15) is 21.8 Å². The second-order valence-electron chi connectivity index (χ2n) is 3.40. The fourth-order valence-electron chi connectivity index (χ4n) is 1.45. The lowest BCUT2D eigenvalue weighted by Gasteiger charge is -2.01. The number of carbonyl (C=O) groups is 1. The summed E-state index contributed by atoms with van der Waals surface area (Å²) in [5.74, 6) is 4.83. The van der Waals surface area contributed by atoms with Crippen LogP contribution in [0.15, 0.2) is 29.0 Å². The Hall–Kier alpha value is -2.08. The molecule has 0 aromatic carbocycles. The van der Waals surface area contributed by atoms with E-state index < -0.39 is 5.91 Å². The lowest BCUT2D eigenvalue weighted by molar-refractivity contribution is 0.0924. The molecule has 6 heteroatoms. The molecular weight excluding hydrogens is 208 g/mol. The van der Waals surface area contributed by atoms with E-state index in [1.165, 1.54) is 6.26 Å². The number of hydrogen-bond donors (Lipinski definition) is 2. The molecule has 2 aromatic rings. The third kappa shape index (κ3) is 1.96. The number of nitrogens with one attached hydrogen (secondary N) is 1. The Morgan fingerprint density at radius 3 is 3.06 bits per heavy atom. The van der Waals surface area contributed by atoms with E-state index >= 15 is 0 Å². The highest BCUT2D eigenvalue weighted by atomic mass is 16.3. The van der Waals surface area contributed by atoms with Crippen molar-refractivity contribution >= 4 is 5.91 Å². The van der Waals surface area contributed by atoms with Crippen molar-refractivity contribution in [2.75, 3.05) is 0 Å². The molecule has 2 rings (SSSR count). The van der Waals surface area contributed by atoms with Crippen LogP contribution in [0.2, 0.25) is 0 Å². The number of hydrogen-bond acceptors (Lipinski definition) is 4. The van der Waals surface area contributed by atoms with E-state index in [-0.39, 0.29) is 5.76 Å². The van der Waals surface area contributed by atoms with Gasteiger partial charge in [0.2, 0.25) is 0 Å². The largest absolute Gasteiger partial charge is 0.459 e. The first-order valence-corrected chi connectivity index (χ1v) is 4.78. The summed E-state index contributed by atoms with van der Waals surface area (Å²) < 4.78 is 6.79. The van der Waals surface area contributed by atoms with Gasteiger partial charge in [-0.3, -0.25) is 14.9 Å². The standard InChI is InChI=1S/C10H12N4O2/c1-7-2-4-14(13-7)6-8-3-5-16-9(8)10(15)12-11/h2-5H,6,11H2,1H3,(H,12,15). The Kier molecular flexibility index (Phi) is 2.74. The zero-order valence-corrected chi connectivity index (χ0v) is 8.80. The van der Waals surface area contributed by atoms with Crippen LogP contribution in [0.5, 0.6) is 0 Å². The molecule has 16 heavy (non-hydrogen) atoms. The minimum atomic E-state index is -0.441. The molecular formula is C10H12N4O2. The molecule has 0 aliphatic rings. The van der Waals surface area contributed by atoms with Gasteiger partial charge in [-0.1, -0.05) is 0 Å². The van der Waals surface area contributed by atoms with Crippen molar-refractivity contribution in [2.24, 2.45) is 5.84 Å². The van der Waals surface area contributed by atoms with Crippen molar-refractivity contribution in [3.8, 4) is 0 Å². The lowest BCUT2D eigenvalue weighted by Crippen LogP contribution is -2.30. The number of aryl methyl sites for hydroxylation is 1. The average Bonchev–Trinajstić information content (AvgIpc) is 2.87. The van der Waals surface area contributed by atoms with Crippen molar-refractivity contribution in [3.63, 3.8) is 0 Å². The Bertz CT molecular complexity index is 500. The first-order valence-electron chi connectivity index (χ1n) is 4.78. The highest BCUT2D eigenvalue weighted by Gasteiger charge is 2.14. The zero-order valence-electron chi connectivity index (χ0n) is 8.80. The SMILES string of the molecule is Cc1ccn(Cc2ccoc2C(=O)NN)n1. The normalized spacial score (nSPS) is 10.4. The molecule has 0 bridgehead atoms. The maximum absolute atomic E-state index is 11.3. The second-order valence-corrected chi connectivity index (χ2v) is 3.40. The molecule has 0 spiro atoms. The molecule has 2 heterocycles. The number of hydrazine groups is 1. The predicted octanol–water partition coefficient (Wildman–Crippen LogP) is 0.436. The van der Waals surface area contributed by atoms with E-state index in [2.05, 4.69) is 5.10 Å². The van der Waals surface area contributed by atoms with Gasteiger partial charge in [0.05, 0.1) is 18.5 Å². The van der Waals surface area contributed by atoms with Crippen molar-refractivity contribution in [3.05, 3.63) is 41.6 Å². The van der Waals surface area contributed by atoms with Crippen molar-refractivity contribution in [2.45, 2.75) is 13.5 Å².